The summed E-state index contributed by atoms with van der Waals surface area (Å²) in [5.41, 5.74) is -3.85. The smallest absolute Gasteiger partial charge is 0.181 e. The van der Waals surface area contributed by atoms with Gasteiger partial charge in [0.1, 0.15) is 5.60 Å². The molecule has 6 nitrogen and oxygen atoms in total. The van der Waals surface area contributed by atoms with Crippen molar-refractivity contribution in [1.82, 2.24) is 0 Å². The quantitative estimate of drug-likeness (QED) is 0.273. The third-order valence-electron chi connectivity index (χ3n) is 2.88. The van der Waals surface area contributed by atoms with Gasteiger partial charge < -0.3 is 30.6 Å². The number of aliphatic hydroxyl groups is 6. The fourth-order valence-electron chi connectivity index (χ4n) is 1.61. The van der Waals surface area contributed by atoms with E-state index in [4.69, 9.17) is 25.5 Å². The average Bonchev–Trinajstić information content (AvgIpc) is 2.21. The van der Waals surface area contributed by atoms with Crippen LogP contribution in [0, 0.1) is 5.41 Å². The van der Waals surface area contributed by atoms with Crippen LogP contribution in [0.3, 0.4) is 0 Å². The second-order valence-corrected chi connectivity index (χ2v) is 3.80. The third-order valence-corrected chi connectivity index (χ3v) is 2.88. The first kappa shape index (κ1) is 14.8. The highest BCUT2D eigenvalue weighted by molar-refractivity contribution is 4.99. The van der Waals surface area contributed by atoms with Crippen LogP contribution in [0.1, 0.15) is 19.8 Å². The molecule has 0 bridgehead atoms. The molecule has 0 radical (unpaired) electrons. The fraction of sp³-hybridized carbons (Fsp3) is 1.00. The summed E-state index contributed by atoms with van der Waals surface area (Å²) >= 11 is 0. The Kier molecular flexibility index (Phi) is 5.65. The first-order valence-electron chi connectivity index (χ1n) is 4.85. The molecular formula is C9H20O6. The van der Waals surface area contributed by atoms with Gasteiger partial charge in [-0.25, -0.2) is 0 Å². The fourth-order valence-corrected chi connectivity index (χ4v) is 1.61. The highest BCUT2D eigenvalue weighted by atomic mass is 16.5. The predicted molar refractivity (Wildman–Crippen MR) is 51.8 cm³/mol. The second kappa shape index (κ2) is 5.74. The van der Waals surface area contributed by atoms with Crippen LogP contribution in [0.4, 0.5) is 0 Å². The molecular weight excluding hydrogens is 204 g/mol. The summed E-state index contributed by atoms with van der Waals surface area (Å²) in [5, 5.41) is 55.5. The maximum atomic E-state index is 10.0. The van der Waals surface area contributed by atoms with Gasteiger partial charge in [0, 0.05) is 0 Å². The molecule has 0 heterocycles. The Hall–Kier alpha value is -0.240. The van der Waals surface area contributed by atoms with Crippen molar-refractivity contribution < 1.29 is 30.6 Å². The zero-order valence-electron chi connectivity index (χ0n) is 8.80. The molecule has 6 N–H and O–H groups in total. The summed E-state index contributed by atoms with van der Waals surface area (Å²) in [5.74, 6) is 0. The average molecular weight is 224 g/mol. The standard InChI is InChI=1S/C9H20O6/c1-2-3-9(15,7(13)14)8(4-10,5-11)6-12/h7,10-15H,2-6H2,1H3. The van der Waals surface area contributed by atoms with Crippen molar-refractivity contribution in [3.05, 3.63) is 0 Å². The van der Waals surface area contributed by atoms with E-state index in [1.54, 1.807) is 6.92 Å². The van der Waals surface area contributed by atoms with E-state index in [0.717, 1.165) is 0 Å². The highest BCUT2D eigenvalue weighted by Gasteiger charge is 2.53. The molecule has 6 heteroatoms. The first-order valence-corrected chi connectivity index (χ1v) is 4.85. The molecule has 0 amide bonds. The van der Waals surface area contributed by atoms with Gasteiger partial charge in [-0.2, -0.15) is 0 Å². The summed E-state index contributed by atoms with van der Waals surface area (Å²) in [7, 11) is 0. The van der Waals surface area contributed by atoms with Gasteiger partial charge in [0.2, 0.25) is 0 Å². The van der Waals surface area contributed by atoms with Crippen molar-refractivity contribution in [1.29, 1.82) is 0 Å². The number of aliphatic hydroxyl groups excluding tert-OH is 4. The molecule has 0 aromatic carbocycles. The van der Waals surface area contributed by atoms with E-state index >= 15 is 0 Å². The molecule has 0 aliphatic carbocycles. The minimum Gasteiger partial charge on any atom is -0.395 e. The third kappa shape index (κ3) is 2.47. The van der Waals surface area contributed by atoms with Crippen LogP contribution >= 0.6 is 0 Å². The molecule has 92 valence electrons. The Labute approximate surface area is 88.4 Å². The Morgan fingerprint density at radius 2 is 1.40 bits per heavy atom. The first-order chi connectivity index (χ1) is 6.94. The van der Waals surface area contributed by atoms with Crippen molar-refractivity contribution >= 4 is 0 Å². The number of hydrogen-bond donors (Lipinski definition) is 6. The van der Waals surface area contributed by atoms with Crippen molar-refractivity contribution in [3.63, 3.8) is 0 Å². The van der Waals surface area contributed by atoms with Gasteiger partial charge in [0.25, 0.3) is 0 Å². The van der Waals surface area contributed by atoms with Crippen LogP contribution in [0.25, 0.3) is 0 Å². The van der Waals surface area contributed by atoms with Crippen LogP contribution in [0.2, 0.25) is 0 Å². The van der Waals surface area contributed by atoms with Gasteiger partial charge in [0.15, 0.2) is 6.29 Å². The van der Waals surface area contributed by atoms with Crippen LogP contribution in [0.5, 0.6) is 0 Å². The van der Waals surface area contributed by atoms with Crippen molar-refractivity contribution in [2.75, 3.05) is 19.8 Å². The maximum Gasteiger partial charge on any atom is 0.181 e. The lowest BCUT2D eigenvalue weighted by atomic mass is 9.70. The van der Waals surface area contributed by atoms with Gasteiger partial charge in [-0.3, -0.25) is 0 Å². The molecule has 0 aliphatic heterocycles. The molecule has 0 aromatic heterocycles. The zero-order chi connectivity index (χ0) is 12.1. The van der Waals surface area contributed by atoms with Gasteiger partial charge in [0.05, 0.1) is 25.2 Å². The van der Waals surface area contributed by atoms with E-state index in [1.165, 1.54) is 0 Å². The molecule has 0 fully saturated rings. The Morgan fingerprint density at radius 3 is 1.60 bits per heavy atom. The molecule has 0 spiro atoms. The van der Waals surface area contributed by atoms with Gasteiger partial charge in [-0.15, -0.1) is 0 Å². The van der Waals surface area contributed by atoms with Crippen LogP contribution < -0.4 is 0 Å². The van der Waals surface area contributed by atoms with Crippen molar-refractivity contribution in [2.24, 2.45) is 5.41 Å². The van der Waals surface area contributed by atoms with Gasteiger partial charge in [-0.05, 0) is 6.42 Å². The highest BCUT2D eigenvalue weighted by Crippen LogP contribution is 2.36. The molecule has 0 aromatic rings. The summed E-state index contributed by atoms with van der Waals surface area (Å²) in [6.45, 7) is -0.527. The van der Waals surface area contributed by atoms with E-state index in [1.807, 2.05) is 0 Å². The molecule has 1 atom stereocenters. The topological polar surface area (TPSA) is 121 Å². The van der Waals surface area contributed by atoms with Crippen LogP contribution in [-0.4, -0.2) is 62.4 Å². The number of hydrogen-bond acceptors (Lipinski definition) is 6. The lowest BCUT2D eigenvalue weighted by Crippen LogP contribution is -2.61. The van der Waals surface area contributed by atoms with Crippen molar-refractivity contribution in [3.8, 4) is 0 Å². The lowest BCUT2D eigenvalue weighted by Gasteiger charge is -2.45. The molecule has 0 saturated carbocycles. The lowest BCUT2D eigenvalue weighted by molar-refractivity contribution is -0.264. The summed E-state index contributed by atoms with van der Waals surface area (Å²) in [6.07, 6.45) is -1.77. The second-order valence-electron chi connectivity index (χ2n) is 3.80. The Bertz CT molecular complexity index is 171. The monoisotopic (exact) mass is 224 g/mol. The zero-order valence-corrected chi connectivity index (χ0v) is 8.80. The predicted octanol–water partition coefficient (Wildman–Crippen LogP) is -2.21. The Balaban J connectivity index is 5.16. The summed E-state index contributed by atoms with van der Waals surface area (Å²) in [4.78, 5) is 0. The molecule has 0 saturated heterocycles. The van der Waals surface area contributed by atoms with E-state index in [0.29, 0.717) is 6.42 Å². The minimum absolute atomic E-state index is 0.0493. The molecule has 1 unspecified atom stereocenters. The van der Waals surface area contributed by atoms with E-state index in [2.05, 4.69) is 0 Å². The van der Waals surface area contributed by atoms with Gasteiger partial charge >= 0.3 is 0 Å². The molecule has 0 aliphatic rings. The SMILES string of the molecule is CCCC(O)(C(O)O)C(CO)(CO)CO. The van der Waals surface area contributed by atoms with E-state index < -0.39 is 37.1 Å². The summed E-state index contributed by atoms with van der Waals surface area (Å²) in [6, 6.07) is 0. The van der Waals surface area contributed by atoms with Crippen LogP contribution in [-0.2, 0) is 0 Å². The van der Waals surface area contributed by atoms with Crippen LogP contribution in [0.15, 0.2) is 0 Å². The normalized spacial score (nSPS) is 16.8. The number of rotatable bonds is 7. The Morgan fingerprint density at radius 1 is 1.00 bits per heavy atom. The molecule has 0 rings (SSSR count). The minimum atomic E-state index is -2.14. The van der Waals surface area contributed by atoms with E-state index in [-0.39, 0.29) is 6.42 Å². The molecule has 15 heavy (non-hydrogen) atoms. The maximum absolute atomic E-state index is 10.0. The summed E-state index contributed by atoms with van der Waals surface area (Å²) < 4.78 is 0. The van der Waals surface area contributed by atoms with E-state index in [9.17, 15) is 5.11 Å². The van der Waals surface area contributed by atoms with Crippen molar-refractivity contribution in [2.45, 2.75) is 31.7 Å². The van der Waals surface area contributed by atoms with Gasteiger partial charge in [-0.1, -0.05) is 13.3 Å². The largest absolute Gasteiger partial charge is 0.395 e.